The highest BCUT2D eigenvalue weighted by Crippen LogP contribution is 2.50. The van der Waals surface area contributed by atoms with Crippen molar-refractivity contribution < 1.29 is 36.3 Å². The molecule has 180 valence electrons. The van der Waals surface area contributed by atoms with Gasteiger partial charge in [0.25, 0.3) is 0 Å². The smallest absolute Gasteiger partial charge is 0.384 e. The summed E-state index contributed by atoms with van der Waals surface area (Å²) in [5.74, 6) is -0.355. The van der Waals surface area contributed by atoms with E-state index in [-0.39, 0.29) is 42.2 Å². The van der Waals surface area contributed by atoms with Crippen LogP contribution in [-0.2, 0) is 27.2 Å². The van der Waals surface area contributed by atoms with Crippen LogP contribution in [-0.4, -0.2) is 38.4 Å². The fraction of sp³-hybridized carbons (Fsp3) is 0.286. The van der Waals surface area contributed by atoms with Gasteiger partial charge in [0.05, 0.1) is 10.0 Å². The molecule has 2 aromatic rings. The van der Waals surface area contributed by atoms with Crippen molar-refractivity contribution in [3.05, 3.63) is 42.5 Å². The third kappa shape index (κ3) is 8.62. The van der Waals surface area contributed by atoms with E-state index in [1.807, 2.05) is 0 Å². The summed E-state index contributed by atoms with van der Waals surface area (Å²) in [4.78, 5) is 7.40. The van der Waals surface area contributed by atoms with Crippen LogP contribution < -0.4 is 9.05 Å². The van der Waals surface area contributed by atoms with Gasteiger partial charge in [-0.3, -0.25) is 18.1 Å². The van der Waals surface area contributed by atoms with E-state index < -0.39 is 15.6 Å². The third-order valence-electron chi connectivity index (χ3n) is 3.00. The lowest BCUT2D eigenvalue weighted by molar-refractivity contribution is 0.207. The van der Waals surface area contributed by atoms with Gasteiger partial charge >= 0.3 is 15.6 Å². The maximum atomic E-state index is 11.6. The van der Waals surface area contributed by atoms with Crippen LogP contribution in [0.25, 0.3) is 0 Å². The third-order valence-corrected chi connectivity index (χ3v) is 7.47. The number of pyridine rings is 2. The molecular weight excluding hydrogens is 599 g/mol. The first-order valence-corrected chi connectivity index (χ1v) is 12.9. The number of halogens is 6. The van der Waals surface area contributed by atoms with E-state index in [2.05, 4.69) is 28.1 Å². The molecule has 2 aromatic heterocycles. The first-order chi connectivity index (χ1) is 14.8. The Hall–Kier alpha value is -0.0600. The van der Waals surface area contributed by atoms with E-state index >= 15 is 0 Å². The summed E-state index contributed by atoms with van der Waals surface area (Å²) in [7, 11) is -2.78. The molecule has 0 aliphatic carbocycles. The van der Waals surface area contributed by atoms with Crippen molar-refractivity contribution in [2.24, 2.45) is 0 Å². The Kier molecular flexibility index (Phi) is 12.3. The van der Waals surface area contributed by atoms with Crippen molar-refractivity contribution in [2.75, 3.05) is 28.4 Å². The van der Waals surface area contributed by atoms with Gasteiger partial charge in [-0.1, -0.05) is 69.6 Å². The molecule has 0 saturated carbocycles. The van der Waals surface area contributed by atoms with Crippen LogP contribution in [0.2, 0.25) is 30.4 Å². The first-order valence-electron chi connectivity index (χ1n) is 7.68. The Balaban J connectivity index is 0.000000320. The van der Waals surface area contributed by atoms with Gasteiger partial charge in [0.1, 0.15) is 10.0 Å². The maximum absolute atomic E-state index is 11.6. The number of phosphoric acid groups is 2. The Bertz CT molecular complexity index is 949. The second kappa shape index (κ2) is 13.1. The molecule has 2 rings (SSSR count). The molecule has 18 heteroatoms. The molecule has 0 aromatic carbocycles. The SMILES string of the molecule is COP(=O)(OC)Oc1nc(Cl)c(Cl)cc1Cl.COP(=O)(OC)Oc1nc(Cl)c(Cl)cc1Cl. The molecule has 0 aliphatic heterocycles. The van der Waals surface area contributed by atoms with Crippen LogP contribution in [0.15, 0.2) is 12.1 Å². The molecule has 0 amide bonds. The Morgan fingerprint density at radius 1 is 0.594 bits per heavy atom. The lowest BCUT2D eigenvalue weighted by Gasteiger charge is -2.14. The zero-order chi connectivity index (χ0) is 24.7. The second-order valence-corrected chi connectivity index (χ2v) is 10.9. The minimum absolute atomic E-state index is 0.0279. The number of rotatable bonds is 8. The van der Waals surface area contributed by atoms with Crippen molar-refractivity contribution >= 4 is 85.3 Å². The molecule has 0 N–H and O–H groups in total. The topological polar surface area (TPSA) is 115 Å². The minimum Gasteiger partial charge on any atom is -0.384 e. The molecule has 32 heavy (non-hydrogen) atoms. The molecule has 10 nitrogen and oxygen atoms in total. The van der Waals surface area contributed by atoms with Gasteiger partial charge in [0.15, 0.2) is 10.3 Å². The molecule has 0 fully saturated rings. The Labute approximate surface area is 213 Å². The molecule has 0 bridgehead atoms. The normalized spacial score (nSPS) is 11.6. The molecule has 0 aliphatic rings. The van der Waals surface area contributed by atoms with Crippen molar-refractivity contribution in [1.29, 1.82) is 0 Å². The van der Waals surface area contributed by atoms with Crippen LogP contribution in [0.1, 0.15) is 0 Å². The maximum Gasteiger partial charge on any atom is 0.530 e. The number of hydrogen-bond acceptors (Lipinski definition) is 10. The minimum atomic E-state index is -3.71. The van der Waals surface area contributed by atoms with Gasteiger partial charge in [0, 0.05) is 28.4 Å². The first kappa shape index (κ1) is 30.0. The molecule has 0 atom stereocenters. The van der Waals surface area contributed by atoms with Crippen molar-refractivity contribution in [3.63, 3.8) is 0 Å². The molecule has 0 unspecified atom stereocenters. The lowest BCUT2D eigenvalue weighted by Crippen LogP contribution is -1.99. The van der Waals surface area contributed by atoms with Crippen LogP contribution in [0.4, 0.5) is 0 Å². The predicted octanol–water partition coefficient (Wildman–Crippen LogP) is 7.64. The largest absolute Gasteiger partial charge is 0.530 e. The number of phosphoric ester groups is 2. The van der Waals surface area contributed by atoms with Crippen LogP contribution in [0, 0.1) is 0 Å². The van der Waals surface area contributed by atoms with Gasteiger partial charge in [0.2, 0.25) is 11.8 Å². The van der Waals surface area contributed by atoms with Crippen molar-refractivity contribution in [1.82, 2.24) is 9.97 Å². The Morgan fingerprint density at radius 3 is 1.12 bits per heavy atom. The average Bonchev–Trinajstić information content (AvgIpc) is 2.76. The van der Waals surface area contributed by atoms with Gasteiger partial charge in [-0.15, -0.1) is 0 Å². The highest BCUT2D eigenvalue weighted by Gasteiger charge is 2.28. The highest BCUT2D eigenvalue weighted by atomic mass is 35.5. The lowest BCUT2D eigenvalue weighted by atomic mass is 10.5. The van der Waals surface area contributed by atoms with Crippen LogP contribution in [0.5, 0.6) is 11.8 Å². The number of hydrogen-bond donors (Lipinski definition) is 0. The quantitative estimate of drug-likeness (QED) is 0.217. The van der Waals surface area contributed by atoms with E-state index in [9.17, 15) is 9.13 Å². The van der Waals surface area contributed by atoms with Crippen LogP contribution >= 0.6 is 85.3 Å². The number of nitrogens with zero attached hydrogens (tertiary/aromatic N) is 2. The zero-order valence-electron chi connectivity index (χ0n) is 16.5. The summed E-state index contributed by atoms with van der Waals surface area (Å²) in [6, 6.07) is 2.62. The summed E-state index contributed by atoms with van der Waals surface area (Å²) < 4.78 is 51.2. The van der Waals surface area contributed by atoms with E-state index in [1.54, 1.807) is 0 Å². The summed E-state index contributed by atoms with van der Waals surface area (Å²) in [6.07, 6.45) is 0. The van der Waals surface area contributed by atoms with Crippen molar-refractivity contribution in [2.45, 2.75) is 0 Å². The molecule has 0 spiro atoms. The van der Waals surface area contributed by atoms with E-state index in [1.165, 1.54) is 12.1 Å². The summed E-state index contributed by atoms with van der Waals surface area (Å²) in [5, 5.41) is 0.347. The molecule has 0 saturated heterocycles. The predicted molar refractivity (Wildman–Crippen MR) is 123 cm³/mol. The molecular formula is C14H14Cl6N2O8P2. The molecule has 0 radical (unpaired) electrons. The van der Waals surface area contributed by atoms with E-state index in [0.717, 1.165) is 28.4 Å². The van der Waals surface area contributed by atoms with Gasteiger partial charge in [-0.05, 0) is 12.1 Å². The van der Waals surface area contributed by atoms with Crippen LogP contribution in [0.3, 0.4) is 0 Å². The average molecular weight is 613 g/mol. The fourth-order valence-electron chi connectivity index (χ4n) is 1.49. The second-order valence-electron chi connectivity index (χ2n) is 4.90. The highest BCUT2D eigenvalue weighted by molar-refractivity contribution is 7.49. The summed E-state index contributed by atoms with van der Waals surface area (Å²) in [6.45, 7) is 0. The van der Waals surface area contributed by atoms with Gasteiger partial charge in [-0.25, -0.2) is 9.13 Å². The van der Waals surface area contributed by atoms with Gasteiger partial charge in [-0.2, -0.15) is 9.97 Å². The van der Waals surface area contributed by atoms with E-state index in [0.29, 0.717) is 0 Å². The standard InChI is InChI=1S/2C7H7Cl3NO4P/c2*1-13-16(12,14-2)15-7-5(9)3-4(8)6(10)11-7/h2*3H,1-2H3. The zero-order valence-corrected chi connectivity index (χ0v) is 22.8. The monoisotopic (exact) mass is 610 g/mol. The number of aromatic nitrogens is 2. The van der Waals surface area contributed by atoms with E-state index in [4.69, 9.17) is 78.7 Å². The van der Waals surface area contributed by atoms with Crippen molar-refractivity contribution in [3.8, 4) is 11.8 Å². The molecule has 2 heterocycles. The van der Waals surface area contributed by atoms with Gasteiger partial charge < -0.3 is 9.05 Å². The summed E-state index contributed by atoms with van der Waals surface area (Å²) in [5.41, 5.74) is 0. The summed E-state index contributed by atoms with van der Waals surface area (Å²) >= 11 is 34.1. The fourth-order valence-corrected chi connectivity index (χ4v) is 3.96. The Morgan fingerprint density at radius 2 is 0.875 bits per heavy atom.